The standard InChI is InChI=1S/C14H13N3O5S/c18-5-8-6-23-13-9(12(20)17(13)10(8)14(21)22)16-11(19)7-1-3-15-4-2-7/h1-4,9,13,18H,5-6H2,(H,16,19)(H,21,22)/t9-,13+/m0/s1. The third-order valence-corrected chi connectivity index (χ3v) is 5.01. The molecule has 0 radical (unpaired) electrons. The topological polar surface area (TPSA) is 120 Å². The number of nitrogens with zero attached hydrogens (tertiary/aromatic N) is 2. The minimum Gasteiger partial charge on any atom is -0.477 e. The van der Waals surface area contributed by atoms with Gasteiger partial charge < -0.3 is 15.5 Å². The van der Waals surface area contributed by atoms with E-state index in [0.29, 0.717) is 16.9 Å². The number of hydrogen-bond donors (Lipinski definition) is 3. The maximum absolute atomic E-state index is 12.2. The number of pyridine rings is 1. The molecule has 0 aromatic carbocycles. The number of nitrogens with one attached hydrogen (secondary N) is 1. The van der Waals surface area contributed by atoms with Crippen LogP contribution in [-0.4, -0.2) is 61.7 Å². The van der Waals surface area contributed by atoms with E-state index in [1.807, 2.05) is 0 Å². The van der Waals surface area contributed by atoms with Gasteiger partial charge in [0, 0.05) is 23.7 Å². The van der Waals surface area contributed by atoms with Crippen molar-refractivity contribution >= 4 is 29.5 Å². The van der Waals surface area contributed by atoms with Crippen LogP contribution in [0, 0.1) is 0 Å². The van der Waals surface area contributed by atoms with E-state index in [0.717, 1.165) is 4.90 Å². The van der Waals surface area contributed by atoms with Crippen LogP contribution in [-0.2, 0) is 9.59 Å². The lowest BCUT2D eigenvalue weighted by Gasteiger charge is -2.49. The number of amides is 2. The second-order valence-electron chi connectivity index (χ2n) is 5.01. The fourth-order valence-corrected chi connectivity index (χ4v) is 3.87. The van der Waals surface area contributed by atoms with Crippen LogP contribution in [0.5, 0.6) is 0 Å². The quantitative estimate of drug-likeness (QED) is 0.630. The van der Waals surface area contributed by atoms with E-state index in [1.165, 1.54) is 36.3 Å². The molecule has 0 unspecified atom stereocenters. The van der Waals surface area contributed by atoms with Gasteiger partial charge in [0.15, 0.2) is 0 Å². The Hall–Kier alpha value is -2.39. The van der Waals surface area contributed by atoms with Crippen molar-refractivity contribution in [1.82, 2.24) is 15.2 Å². The summed E-state index contributed by atoms with van der Waals surface area (Å²) in [4.78, 5) is 40.6. The number of thioether (sulfide) groups is 1. The van der Waals surface area contributed by atoms with E-state index in [2.05, 4.69) is 10.3 Å². The smallest absolute Gasteiger partial charge is 0.352 e. The van der Waals surface area contributed by atoms with Gasteiger partial charge in [-0.15, -0.1) is 11.8 Å². The van der Waals surface area contributed by atoms with Crippen LogP contribution in [0.1, 0.15) is 10.4 Å². The number of aliphatic hydroxyl groups excluding tert-OH is 1. The van der Waals surface area contributed by atoms with E-state index in [9.17, 15) is 24.6 Å². The monoisotopic (exact) mass is 335 g/mol. The third kappa shape index (κ3) is 2.57. The van der Waals surface area contributed by atoms with Gasteiger partial charge in [-0.05, 0) is 17.7 Å². The van der Waals surface area contributed by atoms with Crippen molar-refractivity contribution in [3.05, 3.63) is 41.4 Å². The minimum atomic E-state index is -1.26. The first-order valence-electron chi connectivity index (χ1n) is 6.76. The largest absolute Gasteiger partial charge is 0.477 e. The van der Waals surface area contributed by atoms with Crippen molar-refractivity contribution in [2.75, 3.05) is 12.4 Å². The molecule has 2 aliphatic heterocycles. The van der Waals surface area contributed by atoms with E-state index in [4.69, 9.17) is 0 Å². The van der Waals surface area contributed by atoms with Crippen LogP contribution >= 0.6 is 11.8 Å². The Bertz CT molecular complexity index is 706. The summed E-state index contributed by atoms with van der Waals surface area (Å²) >= 11 is 1.31. The molecule has 9 heteroatoms. The van der Waals surface area contributed by atoms with Gasteiger partial charge in [0.25, 0.3) is 11.8 Å². The van der Waals surface area contributed by atoms with Gasteiger partial charge in [0.2, 0.25) is 0 Å². The third-order valence-electron chi connectivity index (χ3n) is 3.67. The molecular weight excluding hydrogens is 322 g/mol. The first-order chi connectivity index (χ1) is 11.0. The number of aliphatic hydroxyl groups is 1. The molecule has 120 valence electrons. The summed E-state index contributed by atoms with van der Waals surface area (Å²) in [7, 11) is 0. The maximum Gasteiger partial charge on any atom is 0.352 e. The number of carbonyl (C=O) groups is 3. The van der Waals surface area contributed by atoms with E-state index in [-0.39, 0.29) is 5.70 Å². The molecule has 2 amide bonds. The van der Waals surface area contributed by atoms with Crippen LogP contribution in [0.4, 0.5) is 0 Å². The van der Waals surface area contributed by atoms with Gasteiger partial charge in [-0.3, -0.25) is 19.5 Å². The van der Waals surface area contributed by atoms with Gasteiger partial charge in [0.05, 0.1) is 6.61 Å². The van der Waals surface area contributed by atoms with Crippen LogP contribution in [0.15, 0.2) is 35.8 Å². The molecule has 2 atom stereocenters. The molecule has 1 aromatic heterocycles. The highest BCUT2D eigenvalue weighted by Gasteiger charge is 2.54. The lowest BCUT2D eigenvalue weighted by atomic mass is 10.0. The second-order valence-corrected chi connectivity index (χ2v) is 6.12. The number of aliphatic carboxylic acids is 1. The molecule has 8 nitrogen and oxygen atoms in total. The lowest BCUT2D eigenvalue weighted by molar-refractivity contribution is -0.148. The molecule has 1 aromatic rings. The normalized spacial score (nSPS) is 23.2. The van der Waals surface area contributed by atoms with Crippen molar-refractivity contribution in [1.29, 1.82) is 0 Å². The number of aromatic nitrogens is 1. The van der Waals surface area contributed by atoms with Crippen molar-refractivity contribution in [3.8, 4) is 0 Å². The fraction of sp³-hybridized carbons (Fsp3) is 0.286. The second kappa shape index (κ2) is 6.01. The van der Waals surface area contributed by atoms with Crippen LogP contribution in [0.3, 0.4) is 0 Å². The molecule has 0 saturated carbocycles. The first-order valence-corrected chi connectivity index (χ1v) is 7.81. The Kier molecular flexibility index (Phi) is 4.05. The van der Waals surface area contributed by atoms with E-state index < -0.39 is 35.8 Å². The Morgan fingerprint density at radius 3 is 2.70 bits per heavy atom. The molecule has 3 heterocycles. The average molecular weight is 335 g/mol. The summed E-state index contributed by atoms with van der Waals surface area (Å²) in [6.07, 6.45) is 2.94. The lowest BCUT2D eigenvalue weighted by Crippen LogP contribution is -2.70. The zero-order chi connectivity index (χ0) is 16.6. The number of fused-ring (bicyclic) bond motifs is 1. The molecule has 23 heavy (non-hydrogen) atoms. The number of carboxylic acid groups (broad SMARTS) is 1. The van der Waals surface area contributed by atoms with Gasteiger partial charge in [-0.2, -0.15) is 0 Å². The summed E-state index contributed by atoms with van der Waals surface area (Å²) in [6.45, 7) is -0.417. The van der Waals surface area contributed by atoms with Crippen molar-refractivity contribution in [3.63, 3.8) is 0 Å². The average Bonchev–Trinajstić information content (AvgIpc) is 2.58. The Balaban J connectivity index is 1.77. The molecule has 3 rings (SSSR count). The summed E-state index contributed by atoms with van der Waals surface area (Å²) < 4.78 is 0. The molecule has 1 saturated heterocycles. The molecule has 0 aliphatic carbocycles. The number of carboxylic acids is 1. The molecule has 1 fully saturated rings. The number of carbonyl (C=O) groups excluding carboxylic acids is 2. The molecule has 0 bridgehead atoms. The van der Waals surface area contributed by atoms with Crippen molar-refractivity contribution in [2.24, 2.45) is 0 Å². The molecule has 0 spiro atoms. The number of rotatable bonds is 4. The summed E-state index contributed by atoms with van der Waals surface area (Å²) in [5, 5.41) is 20.6. The van der Waals surface area contributed by atoms with Crippen LogP contribution in [0.2, 0.25) is 0 Å². The summed E-state index contributed by atoms with van der Waals surface area (Å²) in [5.74, 6) is -1.87. The Labute approximate surface area is 135 Å². The highest BCUT2D eigenvalue weighted by molar-refractivity contribution is 8.00. The van der Waals surface area contributed by atoms with Crippen molar-refractivity contribution < 1.29 is 24.6 Å². The van der Waals surface area contributed by atoms with Crippen molar-refractivity contribution in [2.45, 2.75) is 11.4 Å². The van der Waals surface area contributed by atoms with E-state index in [1.54, 1.807) is 0 Å². The fourth-order valence-electron chi connectivity index (χ4n) is 2.53. The Morgan fingerprint density at radius 1 is 1.39 bits per heavy atom. The minimum absolute atomic E-state index is 0.185. The number of hydrogen-bond acceptors (Lipinski definition) is 6. The predicted molar refractivity (Wildman–Crippen MR) is 80.3 cm³/mol. The molecule has 2 aliphatic rings. The van der Waals surface area contributed by atoms with Gasteiger partial charge in [-0.25, -0.2) is 4.79 Å². The zero-order valence-corrected chi connectivity index (χ0v) is 12.6. The highest BCUT2D eigenvalue weighted by atomic mass is 32.2. The van der Waals surface area contributed by atoms with Crippen LogP contribution in [0.25, 0.3) is 0 Å². The highest BCUT2D eigenvalue weighted by Crippen LogP contribution is 2.40. The zero-order valence-electron chi connectivity index (χ0n) is 11.8. The first kappa shape index (κ1) is 15.5. The van der Waals surface area contributed by atoms with Crippen LogP contribution < -0.4 is 5.32 Å². The van der Waals surface area contributed by atoms with Gasteiger partial charge in [0.1, 0.15) is 17.1 Å². The Morgan fingerprint density at radius 2 is 2.09 bits per heavy atom. The van der Waals surface area contributed by atoms with E-state index >= 15 is 0 Å². The van der Waals surface area contributed by atoms with Gasteiger partial charge >= 0.3 is 5.97 Å². The summed E-state index contributed by atoms with van der Waals surface area (Å²) in [5.41, 5.74) is 0.485. The summed E-state index contributed by atoms with van der Waals surface area (Å²) in [6, 6.07) is 2.27. The molecular formula is C14H13N3O5S. The predicted octanol–water partition coefficient (Wildman–Crippen LogP) is -0.574. The van der Waals surface area contributed by atoms with Gasteiger partial charge in [-0.1, -0.05) is 0 Å². The number of β-lactam (4-membered cyclic amide) rings is 1. The molecule has 3 N–H and O–H groups in total. The maximum atomic E-state index is 12.2. The SMILES string of the molecule is O=C(O)C1=C(CO)CS[C@@H]2[C@@H](NC(=O)c3ccncc3)C(=O)N12.